The average molecular weight is 475 g/mol. The second-order valence-electron chi connectivity index (χ2n) is 8.91. The Labute approximate surface area is 199 Å². The summed E-state index contributed by atoms with van der Waals surface area (Å²) in [6.45, 7) is 2.11. The van der Waals surface area contributed by atoms with Crippen LogP contribution < -0.4 is 10.6 Å². The van der Waals surface area contributed by atoms with E-state index in [1.54, 1.807) is 30.7 Å². The lowest BCUT2D eigenvalue weighted by Gasteiger charge is -2.29. The van der Waals surface area contributed by atoms with E-state index in [9.17, 15) is 9.47 Å². The molecule has 2 aromatic heterocycles. The standard InChI is InChI=1S/C24H26N8OS/c1-34(2,33)31-22-5-3-4-21(28-22)29-23-18(13-25)14-26-24(30-23)27-19-7-6-16-10-11-32(20-8-9-20)15-17(16)12-19/h3-7,12,14,20H,8-11,15H2,1-2H3,(H2,26,27,28,29,30). The topological polar surface area (TPSA) is 119 Å². The number of hydrogen-bond acceptors (Lipinski definition) is 9. The lowest BCUT2D eigenvalue weighted by molar-refractivity contribution is 0.244. The minimum Gasteiger partial charge on any atom is -0.324 e. The lowest BCUT2D eigenvalue weighted by Crippen LogP contribution is -2.32. The second-order valence-corrected chi connectivity index (χ2v) is 11.5. The van der Waals surface area contributed by atoms with E-state index in [4.69, 9.17) is 0 Å². The Morgan fingerprint density at radius 2 is 2.00 bits per heavy atom. The fraction of sp³-hybridized carbons (Fsp3) is 0.333. The zero-order chi connectivity index (χ0) is 23.7. The molecule has 1 saturated carbocycles. The van der Waals surface area contributed by atoms with Crippen molar-refractivity contribution in [3.05, 3.63) is 59.3 Å². The number of pyridine rings is 1. The first-order valence-electron chi connectivity index (χ1n) is 11.2. The predicted molar refractivity (Wildman–Crippen MR) is 133 cm³/mol. The van der Waals surface area contributed by atoms with Crippen molar-refractivity contribution in [3.8, 4) is 6.07 Å². The number of nitriles is 1. The second kappa shape index (κ2) is 9.00. The average Bonchev–Trinajstić information content (AvgIpc) is 3.64. The molecule has 3 heterocycles. The minimum absolute atomic E-state index is 0.287. The van der Waals surface area contributed by atoms with Crippen LogP contribution in [0.1, 0.15) is 29.5 Å². The maximum Gasteiger partial charge on any atom is 0.229 e. The Kier molecular flexibility index (Phi) is 5.89. The molecule has 0 saturated heterocycles. The van der Waals surface area contributed by atoms with Gasteiger partial charge in [0.15, 0.2) is 11.6 Å². The van der Waals surface area contributed by atoms with E-state index in [1.807, 2.05) is 6.07 Å². The van der Waals surface area contributed by atoms with E-state index in [0.29, 0.717) is 23.4 Å². The SMILES string of the molecule is CS(C)(=O)=Nc1cccc(Nc2nc(Nc3ccc4c(c3)CN(C3CC3)CC4)ncc2C#N)n1. The molecule has 0 unspecified atom stereocenters. The Hall–Kier alpha value is -3.55. The summed E-state index contributed by atoms with van der Waals surface area (Å²) in [5, 5.41) is 15.9. The Morgan fingerprint density at radius 1 is 1.15 bits per heavy atom. The van der Waals surface area contributed by atoms with Crippen LogP contribution in [0.15, 0.2) is 47.0 Å². The molecule has 1 fully saturated rings. The van der Waals surface area contributed by atoms with Gasteiger partial charge in [0.1, 0.15) is 17.5 Å². The fourth-order valence-corrected chi connectivity index (χ4v) is 4.60. The van der Waals surface area contributed by atoms with Gasteiger partial charge in [-0.05, 0) is 54.7 Å². The zero-order valence-corrected chi connectivity index (χ0v) is 20.0. The molecule has 0 radical (unpaired) electrons. The number of nitrogens with one attached hydrogen (secondary N) is 2. The van der Waals surface area contributed by atoms with Crippen molar-refractivity contribution < 1.29 is 4.21 Å². The van der Waals surface area contributed by atoms with Gasteiger partial charge in [0.05, 0.1) is 6.20 Å². The minimum atomic E-state index is -2.34. The monoisotopic (exact) mass is 474 g/mol. The number of fused-ring (bicyclic) bond motifs is 1. The summed E-state index contributed by atoms with van der Waals surface area (Å²) in [6.07, 6.45) is 8.28. The molecule has 2 N–H and O–H groups in total. The van der Waals surface area contributed by atoms with Gasteiger partial charge in [-0.2, -0.15) is 14.6 Å². The smallest absolute Gasteiger partial charge is 0.229 e. The van der Waals surface area contributed by atoms with Crippen molar-refractivity contribution in [2.75, 3.05) is 29.7 Å². The van der Waals surface area contributed by atoms with E-state index >= 15 is 0 Å². The van der Waals surface area contributed by atoms with Crippen molar-refractivity contribution in [1.29, 1.82) is 5.26 Å². The first-order valence-corrected chi connectivity index (χ1v) is 13.5. The fourth-order valence-electron chi connectivity index (χ4n) is 4.05. The first-order chi connectivity index (χ1) is 16.4. The van der Waals surface area contributed by atoms with E-state index in [-0.39, 0.29) is 5.56 Å². The van der Waals surface area contributed by atoms with Crippen LogP contribution in [-0.2, 0) is 22.7 Å². The predicted octanol–water partition coefficient (Wildman–Crippen LogP) is 4.11. The summed E-state index contributed by atoms with van der Waals surface area (Å²) in [7, 11) is -2.34. The van der Waals surface area contributed by atoms with E-state index in [1.165, 1.54) is 30.2 Å². The molecule has 2 aliphatic rings. The number of aromatic nitrogens is 3. The molecule has 5 rings (SSSR count). The highest BCUT2D eigenvalue weighted by Gasteiger charge is 2.31. The molecule has 9 nitrogen and oxygen atoms in total. The number of anilines is 4. The lowest BCUT2D eigenvalue weighted by atomic mass is 9.99. The maximum absolute atomic E-state index is 12.0. The van der Waals surface area contributed by atoms with Gasteiger partial charge in [-0.3, -0.25) is 4.90 Å². The van der Waals surface area contributed by atoms with Gasteiger partial charge in [0.2, 0.25) is 5.95 Å². The van der Waals surface area contributed by atoms with E-state index in [0.717, 1.165) is 31.2 Å². The molecule has 0 spiro atoms. The molecular formula is C24H26N8OS. The summed E-state index contributed by atoms with van der Waals surface area (Å²) in [5.74, 6) is 1.50. The van der Waals surface area contributed by atoms with E-state index < -0.39 is 9.73 Å². The van der Waals surface area contributed by atoms with Crippen molar-refractivity contribution in [3.63, 3.8) is 0 Å². The molecular weight excluding hydrogens is 448 g/mol. The van der Waals surface area contributed by atoms with Crippen molar-refractivity contribution in [2.45, 2.75) is 31.8 Å². The first kappa shape index (κ1) is 22.3. The van der Waals surface area contributed by atoms with Gasteiger partial charge in [0.25, 0.3) is 0 Å². The van der Waals surface area contributed by atoms with Crippen LogP contribution in [0.5, 0.6) is 0 Å². The summed E-state index contributed by atoms with van der Waals surface area (Å²) in [6, 6.07) is 14.4. The summed E-state index contributed by atoms with van der Waals surface area (Å²) < 4.78 is 16.1. The zero-order valence-electron chi connectivity index (χ0n) is 19.2. The normalized spacial score (nSPS) is 15.8. The van der Waals surface area contributed by atoms with Gasteiger partial charge < -0.3 is 10.6 Å². The number of hydrogen-bond donors (Lipinski definition) is 2. The van der Waals surface area contributed by atoms with Crippen LogP contribution in [0.3, 0.4) is 0 Å². The Morgan fingerprint density at radius 3 is 2.76 bits per heavy atom. The van der Waals surface area contributed by atoms with Crippen LogP contribution >= 0.6 is 0 Å². The third-order valence-corrected chi connectivity index (χ3v) is 6.40. The number of rotatable bonds is 6. The van der Waals surface area contributed by atoms with Crippen LogP contribution in [0.25, 0.3) is 0 Å². The number of benzene rings is 1. The molecule has 1 aliphatic carbocycles. The van der Waals surface area contributed by atoms with Gasteiger partial charge >= 0.3 is 0 Å². The molecule has 0 bridgehead atoms. The van der Waals surface area contributed by atoms with Gasteiger partial charge in [-0.25, -0.2) is 14.2 Å². The van der Waals surface area contributed by atoms with Gasteiger partial charge in [0, 0.05) is 47.1 Å². The molecule has 174 valence electrons. The van der Waals surface area contributed by atoms with Crippen LogP contribution in [0, 0.1) is 11.3 Å². The van der Waals surface area contributed by atoms with Crippen molar-refractivity contribution in [2.24, 2.45) is 4.36 Å². The molecule has 0 atom stereocenters. The highest BCUT2D eigenvalue weighted by molar-refractivity contribution is 7.92. The largest absolute Gasteiger partial charge is 0.324 e. The summed E-state index contributed by atoms with van der Waals surface area (Å²) >= 11 is 0. The highest BCUT2D eigenvalue weighted by atomic mass is 32.2. The van der Waals surface area contributed by atoms with Crippen LogP contribution in [0.2, 0.25) is 0 Å². The molecule has 1 aliphatic heterocycles. The molecule has 0 amide bonds. The van der Waals surface area contributed by atoms with Gasteiger partial charge in [-0.15, -0.1) is 0 Å². The van der Waals surface area contributed by atoms with Crippen LogP contribution in [-0.4, -0.2) is 49.2 Å². The summed E-state index contributed by atoms with van der Waals surface area (Å²) in [5.41, 5.74) is 3.93. The van der Waals surface area contributed by atoms with Crippen LogP contribution in [0.4, 0.5) is 29.1 Å². The Bertz CT molecular complexity index is 1390. The number of nitrogens with zero attached hydrogens (tertiary/aromatic N) is 6. The third kappa shape index (κ3) is 5.32. The van der Waals surface area contributed by atoms with Crippen molar-refractivity contribution >= 4 is 38.8 Å². The molecule has 1 aromatic carbocycles. The molecule has 34 heavy (non-hydrogen) atoms. The third-order valence-electron chi connectivity index (χ3n) is 5.77. The molecule has 3 aromatic rings. The van der Waals surface area contributed by atoms with Crippen molar-refractivity contribution in [1.82, 2.24) is 19.9 Å². The highest BCUT2D eigenvalue weighted by Crippen LogP contribution is 2.33. The quantitative estimate of drug-likeness (QED) is 0.548. The van der Waals surface area contributed by atoms with E-state index in [2.05, 4.69) is 53.1 Å². The maximum atomic E-state index is 12.0. The molecule has 10 heteroatoms. The Balaban J connectivity index is 1.37. The summed E-state index contributed by atoms with van der Waals surface area (Å²) in [4.78, 5) is 15.7. The van der Waals surface area contributed by atoms with Gasteiger partial charge in [-0.1, -0.05) is 12.1 Å².